The van der Waals surface area contributed by atoms with Gasteiger partial charge in [-0.3, -0.25) is 20.0 Å². The largest absolute Gasteiger partial charge is 0.294 e. The van der Waals surface area contributed by atoms with E-state index in [1.165, 1.54) is 28.3 Å². The Morgan fingerprint density at radius 1 is 0.833 bits per heavy atom. The zero-order chi connectivity index (χ0) is 20.5. The summed E-state index contributed by atoms with van der Waals surface area (Å²) in [5.74, 6) is 0. The molecule has 0 spiro atoms. The smallest absolute Gasteiger partial charge is 0.278 e. The molecule has 1 aliphatic heterocycles. The number of nitro benzene ring substituents is 1. The minimum Gasteiger partial charge on any atom is -0.294 e. The Morgan fingerprint density at radius 3 is 2.03 bits per heavy atom. The van der Waals surface area contributed by atoms with E-state index in [4.69, 9.17) is 0 Å². The number of fused-ring (bicyclic) bond motifs is 3. The number of hydrogen-bond acceptors (Lipinski definition) is 5. The summed E-state index contributed by atoms with van der Waals surface area (Å²) in [5, 5.41) is 17.7. The molecule has 0 amide bonds. The molecule has 5 rings (SSSR count). The highest BCUT2D eigenvalue weighted by Gasteiger charge is 2.33. The zero-order valence-corrected chi connectivity index (χ0v) is 16.5. The average molecular weight is 398 g/mol. The number of nitro groups is 1. The molecule has 3 aromatic carbocycles. The van der Waals surface area contributed by atoms with Crippen molar-refractivity contribution in [2.24, 2.45) is 5.10 Å². The quantitative estimate of drug-likeness (QED) is 0.373. The Morgan fingerprint density at radius 2 is 1.40 bits per heavy atom. The maximum atomic E-state index is 11.2. The van der Waals surface area contributed by atoms with Gasteiger partial charge in [-0.25, -0.2) is 0 Å². The van der Waals surface area contributed by atoms with Crippen LogP contribution >= 0.6 is 0 Å². The number of hydrazone groups is 1. The molecule has 0 N–H and O–H groups in total. The van der Waals surface area contributed by atoms with Crippen LogP contribution in [0.3, 0.4) is 0 Å². The summed E-state index contributed by atoms with van der Waals surface area (Å²) in [6, 6.07) is 24.3. The fourth-order valence-corrected chi connectivity index (χ4v) is 4.51. The van der Waals surface area contributed by atoms with Gasteiger partial charge in [0.05, 0.1) is 22.7 Å². The molecule has 150 valence electrons. The second-order valence-electron chi connectivity index (χ2n) is 7.63. The standard InChI is InChI=1S/C24H22N4O2/c29-28(30)23-12-6-1-7-18(23)17-25-27-15-13-26(14-16-27)24-21-10-4-2-8-19(21)20-9-3-5-11-22(20)24/h1-12,17,24H,13-16H2/b25-17-. The molecule has 1 heterocycles. The first-order valence-electron chi connectivity index (χ1n) is 10.2. The summed E-state index contributed by atoms with van der Waals surface area (Å²) in [6.07, 6.45) is 1.61. The van der Waals surface area contributed by atoms with Crippen LogP contribution in [-0.4, -0.2) is 47.2 Å². The summed E-state index contributed by atoms with van der Waals surface area (Å²) in [7, 11) is 0. The van der Waals surface area contributed by atoms with Gasteiger partial charge in [-0.15, -0.1) is 0 Å². The van der Waals surface area contributed by atoms with Crippen molar-refractivity contribution in [3.05, 3.63) is 99.6 Å². The van der Waals surface area contributed by atoms with Gasteiger partial charge in [0.25, 0.3) is 5.69 Å². The Balaban J connectivity index is 1.32. The molecule has 0 bridgehead atoms. The average Bonchev–Trinajstić information content (AvgIpc) is 3.13. The topological polar surface area (TPSA) is 62.0 Å². The van der Waals surface area contributed by atoms with Crippen LogP contribution in [0.5, 0.6) is 0 Å². The second kappa shape index (κ2) is 7.72. The lowest BCUT2D eigenvalue weighted by atomic mass is 10.0. The Kier molecular flexibility index (Phi) is 4.77. The van der Waals surface area contributed by atoms with Gasteiger partial charge in [0, 0.05) is 32.2 Å². The zero-order valence-electron chi connectivity index (χ0n) is 16.5. The van der Waals surface area contributed by atoms with Crippen molar-refractivity contribution in [1.82, 2.24) is 9.91 Å². The summed E-state index contributed by atoms with van der Waals surface area (Å²) in [6.45, 7) is 3.36. The fraction of sp³-hybridized carbons (Fsp3) is 0.208. The van der Waals surface area contributed by atoms with Crippen molar-refractivity contribution in [2.45, 2.75) is 6.04 Å². The van der Waals surface area contributed by atoms with Crippen LogP contribution in [-0.2, 0) is 0 Å². The van der Waals surface area contributed by atoms with Crippen molar-refractivity contribution in [3.8, 4) is 11.1 Å². The minimum absolute atomic E-state index is 0.0825. The van der Waals surface area contributed by atoms with Crippen LogP contribution < -0.4 is 0 Å². The van der Waals surface area contributed by atoms with Crippen LogP contribution in [0.2, 0.25) is 0 Å². The minimum atomic E-state index is -0.367. The Hall–Kier alpha value is -3.51. The van der Waals surface area contributed by atoms with Crippen molar-refractivity contribution in [2.75, 3.05) is 26.2 Å². The molecule has 0 radical (unpaired) electrons. The van der Waals surface area contributed by atoms with E-state index in [-0.39, 0.29) is 16.7 Å². The molecule has 0 saturated carbocycles. The van der Waals surface area contributed by atoms with Gasteiger partial charge >= 0.3 is 0 Å². The van der Waals surface area contributed by atoms with E-state index in [9.17, 15) is 10.1 Å². The van der Waals surface area contributed by atoms with Crippen molar-refractivity contribution < 1.29 is 4.92 Å². The molecule has 0 aromatic heterocycles. The molecule has 1 aliphatic carbocycles. The van der Waals surface area contributed by atoms with E-state index < -0.39 is 0 Å². The van der Waals surface area contributed by atoms with E-state index >= 15 is 0 Å². The normalized spacial score (nSPS) is 16.6. The Bertz CT molecular complexity index is 1070. The number of benzene rings is 3. The Labute approximate surface area is 175 Å². The third-order valence-electron chi connectivity index (χ3n) is 5.95. The van der Waals surface area contributed by atoms with Crippen molar-refractivity contribution in [3.63, 3.8) is 0 Å². The van der Waals surface area contributed by atoms with Gasteiger partial charge in [-0.1, -0.05) is 60.7 Å². The molecule has 2 aliphatic rings. The van der Waals surface area contributed by atoms with Crippen LogP contribution in [0, 0.1) is 10.1 Å². The summed E-state index contributed by atoms with van der Waals surface area (Å²) in [5.41, 5.74) is 6.01. The number of para-hydroxylation sites is 1. The highest BCUT2D eigenvalue weighted by Crippen LogP contribution is 2.46. The SMILES string of the molecule is O=[N+]([O-])c1ccccc1/C=N\N1CCN(C2c3ccccc3-c3ccccc32)CC1. The van der Waals surface area contributed by atoms with Crippen LogP contribution in [0.1, 0.15) is 22.7 Å². The fourth-order valence-electron chi connectivity index (χ4n) is 4.51. The summed E-state index contributed by atoms with van der Waals surface area (Å²) >= 11 is 0. The third-order valence-corrected chi connectivity index (χ3v) is 5.95. The van der Waals surface area contributed by atoms with E-state index in [1.54, 1.807) is 24.4 Å². The first-order chi connectivity index (χ1) is 14.7. The lowest BCUT2D eigenvalue weighted by molar-refractivity contribution is -0.385. The molecular weight excluding hydrogens is 376 g/mol. The monoisotopic (exact) mass is 398 g/mol. The molecule has 0 unspecified atom stereocenters. The van der Waals surface area contributed by atoms with E-state index in [2.05, 4.69) is 58.5 Å². The maximum Gasteiger partial charge on any atom is 0.278 e. The van der Waals surface area contributed by atoms with Crippen molar-refractivity contribution in [1.29, 1.82) is 0 Å². The predicted molar refractivity (Wildman–Crippen MR) is 118 cm³/mol. The van der Waals surface area contributed by atoms with E-state index in [0.717, 1.165) is 26.2 Å². The third kappa shape index (κ3) is 3.25. The summed E-state index contributed by atoms with van der Waals surface area (Å²) in [4.78, 5) is 13.3. The van der Waals surface area contributed by atoms with Gasteiger partial charge in [0.1, 0.15) is 0 Å². The lowest BCUT2D eigenvalue weighted by Crippen LogP contribution is -2.45. The van der Waals surface area contributed by atoms with Crippen LogP contribution in [0.15, 0.2) is 77.9 Å². The predicted octanol–water partition coefficient (Wildman–Crippen LogP) is 4.32. The maximum absolute atomic E-state index is 11.2. The first kappa shape index (κ1) is 18.5. The number of nitrogens with zero attached hydrogens (tertiary/aromatic N) is 4. The number of hydrogen-bond donors (Lipinski definition) is 0. The summed E-state index contributed by atoms with van der Waals surface area (Å²) < 4.78 is 0. The second-order valence-corrected chi connectivity index (χ2v) is 7.63. The molecule has 3 aromatic rings. The molecule has 6 nitrogen and oxygen atoms in total. The van der Waals surface area contributed by atoms with Gasteiger partial charge in [-0.05, 0) is 28.3 Å². The van der Waals surface area contributed by atoms with Gasteiger partial charge in [-0.2, -0.15) is 5.10 Å². The molecular formula is C24H22N4O2. The van der Waals surface area contributed by atoms with Crippen LogP contribution in [0.4, 0.5) is 5.69 Å². The lowest BCUT2D eigenvalue weighted by Gasteiger charge is -2.37. The van der Waals surface area contributed by atoms with E-state index in [1.807, 2.05) is 5.01 Å². The van der Waals surface area contributed by atoms with Gasteiger partial charge in [0.15, 0.2) is 0 Å². The molecule has 30 heavy (non-hydrogen) atoms. The number of rotatable bonds is 4. The van der Waals surface area contributed by atoms with Gasteiger partial charge in [0.2, 0.25) is 0 Å². The highest BCUT2D eigenvalue weighted by molar-refractivity contribution is 5.85. The molecule has 6 heteroatoms. The number of piperazine rings is 1. The van der Waals surface area contributed by atoms with Gasteiger partial charge < -0.3 is 0 Å². The molecule has 0 atom stereocenters. The van der Waals surface area contributed by atoms with Crippen LogP contribution in [0.25, 0.3) is 11.1 Å². The highest BCUT2D eigenvalue weighted by atomic mass is 16.6. The van der Waals surface area contributed by atoms with E-state index in [0.29, 0.717) is 5.56 Å². The molecule has 1 fully saturated rings. The molecule has 1 saturated heterocycles. The van der Waals surface area contributed by atoms with Crippen molar-refractivity contribution >= 4 is 11.9 Å². The first-order valence-corrected chi connectivity index (χ1v) is 10.2.